The van der Waals surface area contributed by atoms with Gasteiger partial charge in [-0.05, 0) is 44.5 Å². The second kappa shape index (κ2) is 8.59. The number of esters is 1. The molecule has 0 fully saturated rings. The van der Waals surface area contributed by atoms with Crippen LogP contribution in [0.25, 0.3) is 0 Å². The number of anilines is 1. The predicted molar refractivity (Wildman–Crippen MR) is 95.6 cm³/mol. The second-order valence-corrected chi connectivity index (χ2v) is 6.82. The molecule has 1 heterocycles. The van der Waals surface area contributed by atoms with Gasteiger partial charge in [-0.1, -0.05) is 13.3 Å². The molecule has 24 heavy (non-hydrogen) atoms. The number of ether oxygens (including phenoxy) is 1. The molecule has 6 heteroatoms. The summed E-state index contributed by atoms with van der Waals surface area (Å²) in [7, 11) is 0. The van der Waals surface area contributed by atoms with Gasteiger partial charge in [-0.3, -0.25) is 4.79 Å². The summed E-state index contributed by atoms with van der Waals surface area (Å²) in [5, 5.41) is 3.79. The first kappa shape index (κ1) is 18.1. The van der Waals surface area contributed by atoms with E-state index in [0.717, 1.165) is 28.4 Å². The SMILES string of the molecule is CCCCOC(=O)c1ccc(NC(=O)Cc2sc(C)nc2C)cc1. The number of nitrogens with one attached hydrogen (secondary N) is 1. The molecule has 1 aromatic carbocycles. The third-order valence-electron chi connectivity index (χ3n) is 3.46. The van der Waals surface area contributed by atoms with E-state index in [1.165, 1.54) is 11.3 Å². The first-order valence-electron chi connectivity index (χ1n) is 7.99. The number of carbonyl (C=O) groups is 2. The molecule has 2 rings (SSSR count). The highest BCUT2D eigenvalue weighted by Gasteiger charge is 2.11. The van der Waals surface area contributed by atoms with Crippen molar-refractivity contribution in [1.82, 2.24) is 4.98 Å². The van der Waals surface area contributed by atoms with E-state index in [1.54, 1.807) is 24.3 Å². The number of nitrogens with zero attached hydrogens (tertiary/aromatic N) is 1. The highest BCUT2D eigenvalue weighted by Crippen LogP contribution is 2.18. The van der Waals surface area contributed by atoms with E-state index in [2.05, 4.69) is 10.3 Å². The average molecular weight is 346 g/mol. The Morgan fingerprint density at radius 2 is 1.92 bits per heavy atom. The van der Waals surface area contributed by atoms with E-state index in [9.17, 15) is 9.59 Å². The topological polar surface area (TPSA) is 68.3 Å². The van der Waals surface area contributed by atoms with Gasteiger partial charge in [0.05, 0.1) is 29.3 Å². The molecule has 128 valence electrons. The zero-order valence-corrected chi connectivity index (χ0v) is 15.0. The van der Waals surface area contributed by atoms with Gasteiger partial charge in [0.2, 0.25) is 5.91 Å². The molecule has 1 aromatic heterocycles. The number of amides is 1. The summed E-state index contributed by atoms with van der Waals surface area (Å²) >= 11 is 1.54. The van der Waals surface area contributed by atoms with Gasteiger partial charge in [-0.25, -0.2) is 9.78 Å². The Bertz CT molecular complexity index is 708. The summed E-state index contributed by atoms with van der Waals surface area (Å²) in [6, 6.07) is 6.73. The van der Waals surface area contributed by atoms with Crippen molar-refractivity contribution in [3.05, 3.63) is 45.4 Å². The van der Waals surface area contributed by atoms with Crippen molar-refractivity contribution in [3.8, 4) is 0 Å². The number of aryl methyl sites for hydroxylation is 2. The van der Waals surface area contributed by atoms with Gasteiger partial charge < -0.3 is 10.1 Å². The van der Waals surface area contributed by atoms with Crippen LogP contribution in [0.5, 0.6) is 0 Å². The molecule has 0 saturated carbocycles. The first-order valence-corrected chi connectivity index (χ1v) is 8.81. The minimum absolute atomic E-state index is 0.0972. The minimum atomic E-state index is -0.336. The van der Waals surface area contributed by atoms with E-state index in [1.807, 2.05) is 20.8 Å². The Kier molecular flexibility index (Phi) is 6.49. The number of unbranched alkanes of at least 4 members (excludes halogenated alkanes) is 1. The van der Waals surface area contributed by atoms with Crippen LogP contribution in [0.15, 0.2) is 24.3 Å². The summed E-state index contributed by atoms with van der Waals surface area (Å²) in [6.07, 6.45) is 2.14. The maximum atomic E-state index is 12.1. The van der Waals surface area contributed by atoms with Gasteiger partial charge in [0.25, 0.3) is 0 Å². The maximum absolute atomic E-state index is 12.1. The van der Waals surface area contributed by atoms with Gasteiger partial charge in [0.15, 0.2) is 0 Å². The van der Waals surface area contributed by atoms with Crippen molar-refractivity contribution in [2.45, 2.75) is 40.0 Å². The van der Waals surface area contributed by atoms with E-state index in [4.69, 9.17) is 4.74 Å². The van der Waals surface area contributed by atoms with Crippen molar-refractivity contribution in [2.24, 2.45) is 0 Å². The maximum Gasteiger partial charge on any atom is 0.338 e. The Morgan fingerprint density at radius 3 is 2.50 bits per heavy atom. The highest BCUT2D eigenvalue weighted by atomic mass is 32.1. The molecule has 0 radical (unpaired) electrons. The zero-order chi connectivity index (χ0) is 17.5. The molecule has 0 spiro atoms. The number of hydrogen-bond donors (Lipinski definition) is 1. The van der Waals surface area contributed by atoms with Crippen molar-refractivity contribution < 1.29 is 14.3 Å². The number of hydrogen-bond acceptors (Lipinski definition) is 5. The van der Waals surface area contributed by atoms with Crippen molar-refractivity contribution in [2.75, 3.05) is 11.9 Å². The Balaban J connectivity index is 1.90. The smallest absolute Gasteiger partial charge is 0.338 e. The van der Waals surface area contributed by atoms with Gasteiger partial charge in [-0.15, -0.1) is 11.3 Å². The lowest BCUT2D eigenvalue weighted by Crippen LogP contribution is -2.14. The quantitative estimate of drug-likeness (QED) is 0.610. The van der Waals surface area contributed by atoms with Gasteiger partial charge in [-0.2, -0.15) is 0 Å². The molecule has 0 bridgehead atoms. The van der Waals surface area contributed by atoms with Crippen LogP contribution in [0.1, 0.15) is 45.7 Å². The van der Waals surface area contributed by atoms with Crippen LogP contribution in [0.4, 0.5) is 5.69 Å². The predicted octanol–water partition coefficient (Wildman–Crippen LogP) is 3.90. The standard InChI is InChI=1S/C18H22N2O3S/c1-4-5-10-23-18(22)14-6-8-15(9-7-14)20-17(21)11-16-12(2)19-13(3)24-16/h6-9H,4-5,10-11H2,1-3H3,(H,20,21). The first-order chi connectivity index (χ1) is 11.5. The average Bonchev–Trinajstić information content (AvgIpc) is 2.85. The lowest BCUT2D eigenvalue weighted by atomic mass is 10.2. The number of benzene rings is 1. The van der Waals surface area contributed by atoms with Crippen molar-refractivity contribution in [3.63, 3.8) is 0 Å². The molecule has 0 unspecified atom stereocenters. The zero-order valence-electron chi connectivity index (χ0n) is 14.2. The molecule has 0 saturated heterocycles. The summed E-state index contributed by atoms with van der Waals surface area (Å²) in [5.74, 6) is -0.433. The van der Waals surface area contributed by atoms with Crippen LogP contribution in [0.3, 0.4) is 0 Å². The van der Waals surface area contributed by atoms with Crippen LogP contribution in [0, 0.1) is 13.8 Å². The Hall–Kier alpha value is -2.21. The van der Waals surface area contributed by atoms with Crippen LogP contribution < -0.4 is 5.32 Å². The molecule has 1 N–H and O–H groups in total. The summed E-state index contributed by atoms with van der Waals surface area (Å²) in [5.41, 5.74) is 2.04. The molecule has 0 aliphatic rings. The lowest BCUT2D eigenvalue weighted by molar-refractivity contribution is -0.115. The van der Waals surface area contributed by atoms with Crippen molar-refractivity contribution >= 4 is 28.9 Å². The molecule has 0 atom stereocenters. The molecule has 0 aliphatic heterocycles. The fraction of sp³-hybridized carbons (Fsp3) is 0.389. The third-order valence-corrected chi connectivity index (χ3v) is 4.53. The van der Waals surface area contributed by atoms with Gasteiger partial charge >= 0.3 is 5.97 Å². The fourth-order valence-electron chi connectivity index (χ4n) is 2.17. The van der Waals surface area contributed by atoms with Crippen molar-refractivity contribution in [1.29, 1.82) is 0 Å². The largest absolute Gasteiger partial charge is 0.462 e. The van der Waals surface area contributed by atoms with Crippen LogP contribution >= 0.6 is 11.3 Å². The summed E-state index contributed by atoms with van der Waals surface area (Å²) in [6.45, 7) is 6.31. The molecular formula is C18H22N2O3S. The summed E-state index contributed by atoms with van der Waals surface area (Å²) < 4.78 is 5.15. The molecular weight excluding hydrogens is 324 g/mol. The number of rotatable bonds is 7. The van der Waals surface area contributed by atoms with Crippen LogP contribution in [-0.4, -0.2) is 23.5 Å². The van der Waals surface area contributed by atoms with Crippen LogP contribution in [0.2, 0.25) is 0 Å². The molecule has 2 aromatic rings. The fourth-order valence-corrected chi connectivity index (χ4v) is 3.11. The van der Waals surface area contributed by atoms with E-state index in [0.29, 0.717) is 24.3 Å². The van der Waals surface area contributed by atoms with E-state index < -0.39 is 0 Å². The molecule has 5 nitrogen and oxygen atoms in total. The highest BCUT2D eigenvalue weighted by molar-refractivity contribution is 7.11. The number of aromatic nitrogens is 1. The Morgan fingerprint density at radius 1 is 1.21 bits per heavy atom. The molecule has 1 amide bonds. The van der Waals surface area contributed by atoms with Gasteiger partial charge in [0.1, 0.15) is 0 Å². The van der Waals surface area contributed by atoms with E-state index >= 15 is 0 Å². The van der Waals surface area contributed by atoms with Gasteiger partial charge in [0, 0.05) is 10.6 Å². The lowest BCUT2D eigenvalue weighted by Gasteiger charge is -2.07. The number of thiazole rings is 1. The normalized spacial score (nSPS) is 10.5. The third kappa shape index (κ3) is 5.16. The summed E-state index contributed by atoms with van der Waals surface area (Å²) in [4.78, 5) is 29.2. The monoisotopic (exact) mass is 346 g/mol. The Labute approximate surface area is 146 Å². The second-order valence-electron chi connectivity index (χ2n) is 5.53. The number of carbonyl (C=O) groups excluding carboxylic acids is 2. The minimum Gasteiger partial charge on any atom is -0.462 e. The molecule has 0 aliphatic carbocycles. The van der Waals surface area contributed by atoms with Crippen LogP contribution in [-0.2, 0) is 16.0 Å². The van der Waals surface area contributed by atoms with E-state index in [-0.39, 0.29) is 11.9 Å².